The minimum Gasteiger partial charge on any atom is -0.425 e. The third kappa shape index (κ3) is 17.0. The Morgan fingerprint density at radius 1 is 0.205 bits per heavy atom. The molecular formula is C110H108O12. The van der Waals surface area contributed by atoms with E-state index in [4.69, 9.17) is 28.4 Å². The molecule has 0 fully saturated rings. The first-order valence-corrected chi connectivity index (χ1v) is 41.3. The maximum Gasteiger partial charge on any atom is 0.308 e. The molecule has 0 radical (unpaired) electrons. The fourth-order valence-corrected chi connectivity index (χ4v) is 17.3. The van der Waals surface area contributed by atoms with Gasteiger partial charge in [0.2, 0.25) is 0 Å². The van der Waals surface area contributed by atoms with Crippen LogP contribution in [-0.2, 0) is 77.5 Å². The van der Waals surface area contributed by atoms with Crippen LogP contribution in [0.4, 0.5) is 0 Å². The third-order valence-corrected chi connectivity index (χ3v) is 24.3. The third-order valence-electron chi connectivity index (χ3n) is 24.3. The van der Waals surface area contributed by atoms with Crippen molar-refractivity contribution in [1.82, 2.24) is 0 Å². The molecule has 0 unspecified atom stereocenters. The average molecular weight is 1620 g/mol. The molecule has 0 saturated carbocycles. The van der Waals surface area contributed by atoms with E-state index in [1.807, 2.05) is 72.8 Å². The van der Waals surface area contributed by atoms with Gasteiger partial charge in [0.05, 0.1) is 33.4 Å². The van der Waals surface area contributed by atoms with E-state index in [1.54, 1.807) is 36.4 Å². The van der Waals surface area contributed by atoms with Gasteiger partial charge in [-0.1, -0.05) is 260 Å². The van der Waals surface area contributed by atoms with Crippen LogP contribution in [0.1, 0.15) is 327 Å². The van der Waals surface area contributed by atoms with Crippen LogP contribution >= 0.6 is 0 Å². The van der Waals surface area contributed by atoms with Gasteiger partial charge in [-0.05, 0) is 208 Å². The molecule has 9 aromatic rings. The lowest BCUT2D eigenvalue weighted by Crippen LogP contribution is -2.51. The topological polar surface area (TPSA) is 158 Å². The summed E-state index contributed by atoms with van der Waals surface area (Å²) in [6.45, 7) is 55.5. The van der Waals surface area contributed by atoms with Crippen molar-refractivity contribution in [1.29, 1.82) is 0 Å². The SMILES string of the molecule is CC(=O)Oc1ccc(C(C)(C)C)cc1C#Cc1cc2c(cc1C#Cc1cc(C(C)(C)C)ccc1OC(C)=O)C1(C)c3cc(C#Cc4cc(C(C)(C)C)ccc4OC(C)=O)c(C#Cc4cc(C(C)(C)C)ccc4OC(C)=O)cc3C3(C)c4cc(C#Cc5cc(C(C)(C)C)ccc5OC(C)=O)c(C#Cc5cc(C(C)(C)C)ccc5OC(C)=O)cc4C2(C)C13C. The van der Waals surface area contributed by atoms with Crippen LogP contribution in [0.2, 0.25) is 0 Å². The second-order valence-electron chi connectivity index (χ2n) is 39.2. The standard InChI is InChI=1S/C110H108O12/c1-65(111)117-95-47-41-83(101(7,8)9)53-77(95)35-29-71-59-89-90(60-72(71)30-36-78-54-84(102(10,11)12)42-48-96(78)118-66(2)112)108(26)93-63-75(33-39-81-57-87(105(19,20)21)45-51-99(81)121-69(5)115)76(34-40-82-58-88(106(22,23)24)46-52-100(82)122-70(6)116)64-94(93)109(27)92-62-74(32-38-80-56-86(104(16,17)18)44-50-98(80)120-68(4)114)73(61-91(92)107(89,25)110(108,109)28)31-37-79-55-85(103(13,14)15)43-49-97(79)119-67(3)113/h41-64H,1-28H3. The molecule has 0 aromatic heterocycles. The summed E-state index contributed by atoms with van der Waals surface area (Å²) < 4.78 is 35.7. The molecule has 0 saturated heterocycles. The Balaban J connectivity index is 1.29. The Morgan fingerprint density at radius 2 is 0.328 bits per heavy atom. The fraction of sp³-hybridized carbons (Fsp3) is 0.345. The summed E-state index contributed by atoms with van der Waals surface area (Å²) in [4.78, 5) is 78.2. The van der Waals surface area contributed by atoms with Crippen molar-refractivity contribution in [2.24, 2.45) is 5.41 Å². The molecule has 0 aliphatic heterocycles. The summed E-state index contributed by atoms with van der Waals surface area (Å²) in [6.07, 6.45) is 0. The summed E-state index contributed by atoms with van der Waals surface area (Å²) in [6, 6.07) is 47.2. The molecule has 0 bridgehead atoms. The van der Waals surface area contributed by atoms with Gasteiger partial charge in [-0.2, -0.15) is 0 Å². The second-order valence-corrected chi connectivity index (χ2v) is 39.2. The first kappa shape index (κ1) is 88.4. The highest BCUT2D eigenvalue weighted by molar-refractivity contribution is 5.83. The molecule has 0 heterocycles. The van der Waals surface area contributed by atoms with Crippen molar-refractivity contribution in [3.05, 3.63) is 279 Å². The fourth-order valence-electron chi connectivity index (χ4n) is 17.3. The van der Waals surface area contributed by atoms with Crippen molar-refractivity contribution >= 4 is 35.8 Å². The summed E-state index contributed by atoms with van der Waals surface area (Å²) in [5.41, 5.74) is 11.3. The number of carbonyl (C=O) groups excluding carboxylic acids is 6. The van der Waals surface area contributed by atoms with Gasteiger partial charge in [-0.15, -0.1) is 0 Å². The maximum absolute atomic E-state index is 13.0. The van der Waals surface area contributed by atoms with Crippen LogP contribution in [0, 0.1) is 76.5 Å². The zero-order valence-electron chi connectivity index (χ0n) is 75.8. The Bertz CT molecular complexity index is 5400. The smallest absolute Gasteiger partial charge is 0.308 e. The van der Waals surface area contributed by atoms with Crippen LogP contribution < -0.4 is 28.4 Å². The lowest BCUT2D eigenvalue weighted by molar-refractivity contribution is -0.132. The summed E-state index contributed by atoms with van der Waals surface area (Å²) in [7, 11) is 0. The van der Waals surface area contributed by atoms with Gasteiger partial charge in [0.1, 0.15) is 34.5 Å². The van der Waals surface area contributed by atoms with E-state index < -0.39 is 57.5 Å². The van der Waals surface area contributed by atoms with Crippen LogP contribution in [0.3, 0.4) is 0 Å². The van der Waals surface area contributed by atoms with E-state index in [1.165, 1.54) is 41.5 Å². The average Bonchev–Trinajstić information content (AvgIpc) is 1.43. The summed E-state index contributed by atoms with van der Waals surface area (Å²) >= 11 is 0. The van der Waals surface area contributed by atoms with E-state index in [0.717, 1.165) is 66.8 Å². The Labute approximate surface area is 721 Å². The van der Waals surface area contributed by atoms with Crippen molar-refractivity contribution in [3.8, 4) is 106 Å². The van der Waals surface area contributed by atoms with Crippen LogP contribution in [0.5, 0.6) is 34.5 Å². The maximum atomic E-state index is 13.0. The van der Waals surface area contributed by atoms with Crippen molar-refractivity contribution < 1.29 is 57.2 Å². The van der Waals surface area contributed by atoms with Crippen molar-refractivity contribution in [2.45, 2.75) is 243 Å². The number of rotatable bonds is 6. The highest BCUT2D eigenvalue weighted by Crippen LogP contribution is 2.82. The number of benzene rings is 9. The molecular weight excluding hydrogens is 1510 g/mol. The molecule has 0 atom stereocenters. The summed E-state index contributed by atoms with van der Waals surface area (Å²) in [5, 5.41) is 0. The lowest BCUT2D eigenvalue weighted by atomic mass is 9.52. The van der Waals surface area contributed by atoms with Gasteiger partial charge in [0.15, 0.2) is 0 Å². The minimum atomic E-state index is -1.04. The molecule has 12 rings (SSSR count). The normalized spacial score (nSPS) is 17.1. The number of hydrogen-bond donors (Lipinski definition) is 0. The molecule has 3 aliphatic carbocycles. The molecule has 122 heavy (non-hydrogen) atoms. The molecule has 12 heteroatoms. The van der Waals surface area contributed by atoms with Gasteiger partial charge < -0.3 is 28.4 Å². The molecule has 12 nitrogen and oxygen atoms in total. The molecule has 9 aromatic carbocycles. The quantitative estimate of drug-likeness (QED) is 0.0883. The molecule has 0 N–H and O–H groups in total. The van der Waals surface area contributed by atoms with Crippen molar-refractivity contribution in [2.75, 3.05) is 0 Å². The van der Waals surface area contributed by atoms with E-state index >= 15 is 0 Å². The predicted molar refractivity (Wildman–Crippen MR) is 481 cm³/mol. The molecule has 3 aliphatic rings. The Kier molecular flexibility index (Phi) is 23.2. The minimum absolute atomic E-state index is 0.285. The number of carbonyl (C=O) groups is 6. The first-order chi connectivity index (χ1) is 56.6. The zero-order chi connectivity index (χ0) is 89.5. The van der Waals surface area contributed by atoms with E-state index in [2.05, 4.69) is 260 Å². The Hall–Kier alpha value is -12.8. The van der Waals surface area contributed by atoms with E-state index in [-0.39, 0.29) is 67.0 Å². The molecule has 620 valence electrons. The number of fused-ring (bicyclic) bond motifs is 9. The first-order valence-electron chi connectivity index (χ1n) is 41.3. The van der Waals surface area contributed by atoms with Crippen molar-refractivity contribution in [3.63, 3.8) is 0 Å². The van der Waals surface area contributed by atoms with Gasteiger partial charge >= 0.3 is 35.8 Å². The van der Waals surface area contributed by atoms with Gasteiger partial charge in [0, 0.05) is 96.6 Å². The van der Waals surface area contributed by atoms with Crippen LogP contribution in [0.15, 0.2) is 146 Å². The molecule has 0 spiro atoms. The monoisotopic (exact) mass is 1620 g/mol. The predicted octanol–water partition coefficient (Wildman–Crippen LogP) is 21.7. The number of ether oxygens (including phenoxy) is 6. The number of hydrogen-bond acceptors (Lipinski definition) is 12. The van der Waals surface area contributed by atoms with E-state index in [0.29, 0.717) is 66.8 Å². The number of esters is 6. The van der Waals surface area contributed by atoms with Crippen LogP contribution in [-0.4, -0.2) is 35.8 Å². The van der Waals surface area contributed by atoms with Gasteiger partial charge in [0.25, 0.3) is 0 Å². The Morgan fingerprint density at radius 3 is 0.443 bits per heavy atom. The second kappa shape index (κ2) is 32.0. The van der Waals surface area contributed by atoms with E-state index in [9.17, 15) is 28.8 Å². The van der Waals surface area contributed by atoms with Gasteiger partial charge in [-0.25, -0.2) is 0 Å². The lowest BCUT2D eigenvalue weighted by Gasteiger charge is -2.49. The molecule has 0 amide bonds. The largest absolute Gasteiger partial charge is 0.425 e. The van der Waals surface area contributed by atoms with Gasteiger partial charge in [-0.3, -0.25) is 28.8 Å². The summed E-state index contributed by atoms with van der Waals surface area (Å²) in [5.74, 6) is 41.6. The highest BCUT2D eigenvalue weighted by atomic mass is 16.6. The highest BCUT2D eigenvalue weighted by Gasteiger charge is 2.80. The zero-order valence-corrected chi connectivity index (χ0v) is 75.8. The van der Waals surface area contributed by atoms with Crippen LogP contribution in [0.25, 0.3) is 0 Å².